The summed E-state index contributed by atoms with van der Waals surface area (Å²) in [5.74, 6) is 0.160. The Bertz CT molecular complexity index is 276. The first-order chi connectivity index (χ1) is 8.17. The van der Waals surface area contributed by atoms with Crippen molar-refractivity contribution in [2.45, 2.75) is 57.4 Å². The molecule has 4 nitrogen and oxygen atoms in total. The fourth-order valence-electron chi connectivity index (χ4n) is 3.00. The van der Waals surface area contributed by atoms with Crippen molar-refractivity contribution in [1.82, 2.24) is 4.81 Å². The highest BCUT2D eigenvalue weighted by Crippen LogP contribution is 2.29. The number of carbonyl (C=O) groups is 1. The Morgan fingerprint density at radius 2 is 2.35 bits per heavy atom. The van der Waals surface area contributed by atoms with Crippen LogP contribution in [0.15, 0.2) is 0 Å². The van der Waals surface area contributed by atoms with Crippen LogP contribution < -0.4 is 0 Å². The SMILES string of the molecule is CCC1OC(BN2CCC[C@H]2C=O)C(C)[C@H]1O. The molecule has 0 aromatic rings. The molecule has 0 radical (unpaired) electrons. The minimum Gasteiger partial charge on any atom is -0.390 e. The molecule has 0 bridgehead atoms. The van der Waals surface area contributed by atoms with Crippen LogP contribution in [0.3, 0.4) is 0 Å². The lowest BCUT2D eigenvalue weighted by Gasteiger charge is -2.24. The van der Waals surface area contributed by atoms with Crippen LogP contribution in [0.4, 0.5) is 0 Å². The maximum Gasteiger partial charge on any atom is 0.238 e. The first-order valence-corrected chi connectivity index (χ1v) is 6.70. The Labute approximate surface area is 104 Å². The molecule has 3 unspecified atom stereocenters. The molecule has 2 aliphatic heterocycles. The van der Waals surface area contributed by atoms with Gasteiger partial charge < -0.3 is 19.4 Å². The molecule has 2 heterocycles. The molecule has 2 rings (SSSR count). The lowest BCUT2D eigenvalue weighted by atomic mass is 9.74. The number of hydrogen-bond donors (Lipinski definition) is 1. The average molecular weight is 239 g/mol. The smallest absolute Gasteiger partial charge is 0.238 e. The van der Waals surface area contributed by atoms with Gasteiger partial charge in [-0.2, -0.15) is 0 Å². The molecule has 2 saturated heterocycles. The van der Waals surface area contributed by atoms with Gasteiger partial charge in [-0.15, -0.1) is 0 Å². The van der Waals surface area contributed by atoms with Crippen LogP contribution in [-0.2, 0) is 9.53 Å². The predicted octanol–water partition coefficient (Wildman–Crippen LogP) is 0.133. The van der Waals surface area contributed by atoms with Crippen molar-refractivity contribution in [2.75, 3.05) is 6.54 Å². The number of aliphatic hydroxyl groups excluding tert-OH is 1. The first kappa shape index (κ1) is 13.1. The maximum absolute atomic E-state index is 10.9. The molecule has 17 heavy (non-hydrogen) atoms. The van der Waals surface area contributed by atoms with Gasteiger partial charge in [0.05, 0.1) is 24.3 Å². The number of nitrogens with zero attached hydrogens (tertiary/aromatic N) is 1. The van der Waals surface area contributed by atoms with Crippen molar-refractivity contribution < 1.29 is 14.6 Å². The molecule has 96 valence electrons. The van der Waals surface area contributed by atoms with Crippen LogP contribution in [-0.4, -0.2) is 54.4 Å². The minimum absolute atomic E-state index is 0.0349. The highest BCUT2D eigenvalue weighted by Gasteiger charge is 2.42. The van der Waals surface area contributed by atoms with Crippen molar-refractivity contribution in [3.63, 3.8) is 0 Å². The van der Waals surface area contributed by atoms with Gasteiger partial charge in [0.2, 0.25) is 7.41 Å². The third kappa shape index (κ3) is 2.56. The minimum atomic E-state index is -0.359. The Morgan fingerprint density at radius 3 is 2.94 bits per heavy atom. The Hall–Kier alpha value is -0.385. The van der Waals surface area contributed by atoms with Crippen LogP contribution in [0, 0.1) is 5.92 Å². The molecule has 0 saturated carbocycles. The van der Waals surface area contributed by atoms with Gasteiger partial charge in [-0.25, -0.2) is 0 Å². The monoisotopic (exact) mass is 239 g/mol. The molecular weight excluding hydrogens is 217 g/mol. The summed E-state index contributed by atoms with van der Waals surface area (Å²) in [4.78, 5) is 13.1. The molecule has 2 fully saturated rings. The average Bonchev–Trinajstić information content (AvgIpc) is 2.89. The highest BCUT2D eigenvalue weighted by atomic mass is 16.5. The van der Waals surface area contributed by atoms with Gasteiger partial charge in [0.25, 0.3) is 0 Å². The van der Waals surface area contributed by atoms with Gasteiger partial charge in [-0.05, 0) is 25.8 Å². The zero-order chi connectivity index (χ0) is 12.4. The van der Waals surface area contributed by atoms with Crippen LogP contribution in [0.1, 0.15) is 33.1 Å². The van der Waals surface area contributed by atoms with Crippen molar-refractivity contribution in [2.24, 2.45) is 5.92 Å². The van der Waals surface area contributed by atoms with E-state index in [2.05, 4.69) is 4.81 Å². The van der Waals surface area contributed by atoms with E-state index in [-0.39, 0.29) is 30.2 Å². The van der Waals surface area contributed by atoms with E-state index in [0.717, 1.165) is 39.5 Å². The van der Waals surface area contributed by atoms with Crippen LogP contribution in [0.5, 0.6) is 0 Å². The molecule has 0 aliphatic carbocycles. The van der Waals surface area contributed by atoms with E-state index in [9.17, 15) is 9.90 Å². The lowest BCUT2D eigenvalue weighted by molar-refractivity contribution is -0.110. The third-order valence-corrected chi connectivity index (χ3v) is 4.24. The first-order valence-electron chi connectivity index (χ1n) is 6.70. The molecular formula is C12H22BNO3. The number of hydrogen-bond acceptors (Lipinski definition) is 4. The van der Waals surface area contributed by atoms with Gasteiger partial charge in [-0.1, -0.05) is 13.8 Å². The van der Waals surface area contributed by atoms with E-state index in [1.807, 2.05) is 13.8 Å². The fourth-order valence-corrected chi connectivity index (χ4v) is 3.00. The number of aldehydes is 1. The summed E-state index contributed by atoms with van der Waals surface area (Å²) in [6.07, 6.45) is 3.54. The quantitative estimate of drug-likeness (QED) is 0.559. The highest BCUT2D eigenvalue weighted by molar-refractivity contribution is 6.34. The van der Waals surface area contributed by atoms with Gasteiger partial charge in [-0.3, -0.25) is 0 Å². The van der Waals surface area contributed by atoms with Crippen LogP contribution in [0.2, 0.25) is 0 Å². The summed E-state index contributed by atoms with van der Waals surface area (Å²) in [5, 5.41) is 10.0. The molecule has 0 aromatic carbocycles. The Balaban J connectivity index is 1.93. The van der Waals surface area contributed by atoms with Crippen LogP contribution in [0.25, 0.3) is 0 Å². The molecule has 5 atom stereocenters. The molecule has 5 heteroatoms. The lowest BCUT2D eigenvalue weighted by Crippen LogP contribution is -2.42. The van der Waals surface area contributed by atoms with E-state index in [1.54, 1.807) is 0 Å². The summed E-state index contributed by atoms with van der Waals surface area (Å²) in [5.41, 5.74) is 0. The van der Waals surface area contributed by atoms with Crippen molar-refractivity contribution in [3.05, 3.63) is 0 Å². The largest absolute Gasteiger partial charge is 0.390 e. The Morgan fingerprint density at radius 1 is 1.59 bits per heavy atom. The summed E-state index contributed by atoms with van der Waals surface area (Å²) in [6.45, 7) is 5.05. The van der Waals surface area contributed by atoms with E-state index >= 15 is 0 Å². The fraction of sp³-hybridized carbons (Fsp3) is 0.917. The molecule has 0 spiro atoms. The molecule has 2 aliphatic rings. The maximum atomic E-state index is 10.9. The summed E-state index contributed by atoms with van der Waals surface area (Å²) in [7, 11) is 0.776. The number of rotatable bonds is 4. The van der Waals surface area contributed by atoms with Gasteiger partial charge >= 0.3 is 0 Å². The van der Waals surface area contributed by atoms with E-state index in [1.165, 1.54) is 0 Å². The molecule has 0 amide bonds. The predicted molar refractivity (Wildman–Crippen MR) is 67.1 cm³/mol. The van der Waals surface area contributed by atoms with Crippen molar-refractivity contribution >= 4 is 13.7 Å². The number of ether oxygens (including phenoxy) is 1. The second-order valence-electron chi connectivity index (χ2n) is 5.31. The number of carbonyl (C=O) groups excluding carboxylic acids is 1. The van der Waals surface area contributed by atoms with E-state index in [4.69, 9.17) is 4.74 Å². The third-order valence-electron chi connectivity index (χ3n) is 4.24. The summed E-state index contributed by atoms with van der Waals surface area (Å²) < 4.78 is 5.88. The van der Waals surface area contributed by atoms with Crippen molar-refractivity contribution in [1.29, 1.82) is 0 Å². The standard InChI is InChI=1S/C12H22BNO3/c1-3-10-11(16)8(2)12(17-10)13-14-6-4-5-9(14)7-15/h7-13,16H,3-6H2,1-2H3/t8?,9-,10?,11+,12?/m0/s1. The van der Waals surface area contributed by atoms with E-state index in [0.29, 0.717) is 0 Å². The summed E-state index contributed by atoms with van der Waals surface area (Å²) >= 11 is 0. The van der Waals surface area contributed by atoms with Gasteiger partial charge in [0, 0.05) is 5.92 Å². The molecule has 0 aromatic heterocycles. The van der Waals surface area contributed by atoms with E-state index < -0.39 is 0 Å². The Kier molecular flexibility index (Phi) is 4.23. The topological polar surface area (TPSA) is 49.8 Å². The summed E-state index contributed by atoms with van der Waals surface area (Å²) in [6, 6.07) is 0.124. The number of aliphatic hydroxyl groups is 1. The van der Waals surface area contributed by atoms with Crippen LogP contribution >= 0.6 is 0 Å². The zero-order valence-corrected chi connectivity index (χ0v) is 10.7. The van der Waals surface area contributed by atoms with Gasteiger partial charge in [0.15, 0.2) is 0 Å². The molecule has 1 N–H and O–H groups in total. The second kappa shape index (κ2) is 5.50. The second-order valence-corrected chi connectivity index (χ2v) is 5.31. The zero-order valence-electron chi connectivity index (χ0n) is 10.7. The normalized spacial score (nSPS) is 42.9. The van der Waals surface area contributed by atoms with Gasteiger partial charge in [0.1, 0.15) is 6.29 Å². The van der Waals surface area contributed by atoms with Crippen molar-refractivity contribution in [3.8, 4) is 0 Å².